The van der Waals surface area contributed by atoms with Gasteiger partial charge in [-0.15, -0.1) is 11.3 Å². The lowest BCUT2D eigenvalue weighted by molar-refractivity contribution is -0.248. The molecular formula is C20H14F3N5O2S. The standard InChI is InChI=1S/C20H14F3N5O2S/c1-10-15(16(24)28(27-10)18-26-11-6-2-4-8-13(11)30-18)19(29,20(21,22)23)17-25-12-7-3-5-9-14(12)31-17/h2-9,29H,24H2,1H3. The van der Waals surface area contributed by atoms with Crippen LogP contribution in [0.5, 0.6) is 0 Å². The van der Waals surface area contributed by atoms with Crippen LogP contribution in [0.4, 0.5) is 19.0 Å². The Labute approximate surface area is 176 Å². The summed E-state index contributed by atoms with van der Waals surface area (Å²) in [6, 6.07) is 13.3. The van der Waals surface area contributed by atoms with Crippen LogP contribution in [-0.4, -0.2) is 31.0 Å². The lowest BCUT2D eigenvalue weighted by Gasteiger charge is -2.28. The van der Waals surface area contributed by atoms with Gasteiger partial charge in [-0.3, -0.25) is 0 Å². The number of nitrogen functional groups attached to an aromatic ring is 1. The Bertz CT molecular complexity index is 1370. The number of thiazole rings is 1. The van der Waals surface area contributed by atoms with Crippen molar-refractivity contribution in [1.82, 2.24) is 19.7 Å². The number of fused-ring (bicyclic) bond motifs is 2. The van der Waals surface area contributed by atoms with Crippen LogP contribution in [0.3, 0.4) is 0 Å². The first-order valence-electron chi connectivity index (χ1n) is 9.07. The summed E-state index contributed by atoms with van der Waals surface area (Å²) in [6.07, 6.45) is -5.12. The molecule has 5 aromatic rings. The van der Waals surface area contributed by atoms with E-state index >= 15 is 0 Å². The van der Waals surface area contributed by atoms with Crippen LogP contribution in [0.2, 0.25) is 0 Å². The highest BCUT2D eigenvalue weighted by Crippen LogP contribution is 2.49. The third-order valence-corrected chi connectivity index (χ3v) is 6.08. The number of nitrogens with two attached hydrogens (primary N) is 1. The molecule has 0 fully saturated rings. The number of benzene rings is 2. The van der Waals surface area contributed by atoms with Crippen molar-refractivity contribution in [2.24, 2.45) is 0 Å². The molecule has 3 aromatic heterocycles. The van der Waals surface area contributed by atoms with Crippen LogP contribution < -0.4 is 5.73 Å². The van der Waals surface area contributed by atoms with Gasteiger partial charge in [-0.2, -0.15) is 27.9 Å². The van der Waals surface area contributed by atoms with Crippen LogP contribution >= 0.6 is 11.3 Å². The number of oxazole rings is 1. The van der Waals surface area contributed by atoms with Crippen LogP contribution in [0.25, 0.3) is 27.3 Å². The Morgan fingerprint density at radius 2 is 1.71 bits per heavy atom. The monoisotopic (exact) mass is 445 g/mol. The number of rotatable bonds is 3. The fraction of sp³-hybridized carbons (Fsp3) is 0.150. The quantitative estimate of drug-likeness (QED) is 0.429. The van der Waals surface area contributed by atoms with Crippen LogP contribution in [0.15, 0.2) is 52.9 Å². The van der Waals surface area contributed by atoms with Gasteiger partial charge in [0, 0.05) is 0 Å². The molecule has 2 aromatic carbocycles. The summed E-state index contributed by atoms with van der Waals surface area (Å²) in [6.45, 7) is 1.33. The van der Waals surface area contributed by atoms with E-state index in [0.717, 1.165) is 16.0 Å². The van der Waals surface area contributed by atoms with Crippen molar-refractivity contribution in [1.29, 1.82) is 0 Å². The van der Waals surface area contributed by atoms with Gasteiger partial charge in [0.15, 0.2) is 5.58 Å². The van der Waals surface area contributed by atoms with Crippen molar-refractivity contribution in [3.8, 4) is 6.01 Å². The zero-order valence-electron chi connectivity index (χ0n) is 15.9. The van der Waals surface area contributed by atoms with Crippen LogP contribution in [-0.2, 0) is 5.60 Å². The van der Waals surface area contributed by atoms with E-state index in [2.05, 4.69) is 15.1 Å². The van der Waals surface area contributed by atoms with Crippen molar-refractivity contribution in [3.63, 3.8) is 0 Å². The van der Waals surface area contributed by atoms with Gasteiger partial charge < -0.3 is 15.3 Å². The molecule has 1 atom stereocenters. The average Bonchev–Trinajstić information content (AvgIpc) is 3.41. The molecule has 0 spiro atoms. The van der Waals surface area contributed by atoms with E-state index in [4.69, 9.17) is 10.2 Å². The lowest BCUT2D eigenvalue weighted by atomic mass is 9.93. The molecule has 3 N–H and O–H groups in total. The third kappa shape index (κ3) is 2.81. The molecule has 31 heavy (non-hydrogen) atoms. The second kappa shape index (κ2) is 6.53. The Morgan fingerprint density at radius 3 is 2.39 bits per heavy atom. The van der Waals surface area contributed by atoms with E-state index in [1.807, 2.05) is 0 Å². The Balaban J connectivity index is 1.74. The number of nitrogens with zero attached hydrogens (tertiary/aromatic N) is 4. The number of aryl methyl sites for hydroxylation is 1. The summed E-state index contributed by atoms with van der Waals surface area (Å²) < 4.78 is 50.0. The molecule has 0 saturated carbocycles. The predicted octanol–water partition coefficient (Wildman–Crippen LogP) is 4.31. The first-order valence-corrected chi connectivity index (χ1v) is 9.88. The molecule has 5 rings (SSSR count). The molecule has 0 saturated heterocycles. The van der Waals surface area contributed by atoms with E-state index in [9.17, 15) is 18.3 Å². The van der Waals surface area contributed by atoms with Gasteiger partial charge in [0.05, 0.1) is 21.5 Å². The smallest absolute Gasteiger partial charge is 0.422 e. The molecule has 1 unspecified atom stereocenters. The van der Waals surface area contributed by atoms with Crippen molar-refractivity contribution in [2.75, 3.05) is 5.73 Å². The van der Waals surface area contributed by atoms with Crippen molar-refractivity contribution in [2.45, 2.75) is 18.7 Å². The minimum absolute atomic E-state index is 0.109. The number of hydrogen-bond donors (Lipinski definition) is 2. The minimum atomic E-state index is -5.12. The summed E-state index contributed by atoms with van der Waals surface area (Å²) in [5.41, 5.74) is 3.14. The molecule has 0 aliphatic rings. The fourth-order valence-corrected chi connectivity index (χ4v) is 4.57. The normalized spacial score (nSPS) is 14.4. The van der Waals surface area contributed by atoms with Crippen LogP contribution in [0.1, 0.15) is 16.3 Å². The van der Waals surface area contributed by atoms with E-state index in [0.29, 0.717) is 21.3 Å². The lowest BCUT2D eigenvalue weighted by Crippen LogP contribution is -2.44. The molecule has 0 aliphatic heterocycles. The fourth-order valence-electron chi connectivity index (χ4n) is 3.49. The molecule has 158 valence electrons. The number of anilines is 1. The first-order chi connectivity index (χ1) is 14.7. The van der Waals surface area contributed by atoms with E-state index in [1.165, 1.54) is 6.92 Å². The van der Waals surface area contributed by atoms with Gasteiger partial charge in [0.25, 0.3) is 0 Å². The highest BCUT2D eigenvalue weighted by Gasteiger charge is 2.61. The summed E-state index contributed by atoms with van der Waals surface area (Å²) in [5.74, 6) is -0.442. The van der Waals surface area contributed by atoms with Crippen LogP contribution in [0, 0.1) is 6.92 Å². The Morgan fingerprint density at radius 1 is 1.03 bits per heavy atom. The molecule has 11 heteroatoms. The number of hydrogen-bond acceptors (Lipinski definition) is 7. The molecule has 0 aliphatic carbocycles. The SMILES string of the molecule is Cc1nn(-c2nc3ccccc3o2)c(N)c1C(O)(c1nc2ccccc2s1)C(F)(F)F. The van der Waals surface area contributed by atoms with Gasteiger partial charge >= 0.3 is 12.2 Å². The Kier molecular flexibility index (Phi) is 4.11. The summed E-state index contributed by atoms with van der Waals surface area (Å²) in [4.78, 5) is 8.27. The van der Waals surface area contributed by atoms with Crippen molar-refractivity contribution >= 4 is 38.5 Å². The highest BCUT2D eigenvalue weighted by atomic mass is 32.1. The maximum Gasteiger partial charge on any atom is 0.428 e. The molecule has 3 heterocycles. The first kappa shape index (κ1) is 19.5. The van der Waals surface area contributed by atoms with Gasteiger partial charge in [-0.25, -0.2) is 4.98 Å². The molecule has 0 radical (unpaired) electrons. The highest BCUT2D eigenvalue weighted by molar-refractivity contribution is 7.18. The summed E-state index contributed by atoms with van der Waals surface area (Å²) in [7, 11) is 0. The van der Waals surface area contributed by atoms with Gasteiger partial charge in [-0.1, -0.05) is 24.3 Å². The van der Waals surface area contributed by atoms with E-state index < -0.39 is 28.2 Å². The summed E-state index contributed by atoms with van der Waals surface area (Å²) >= 11 is 0.739. The molecule has 0 bridgehead atoms. The number of para-hydroxylation sites is 3. The number of alkyl halides is 3. The van der Waals surface area contributed by atoms with Crippen molar-refractivity contribution < 1.29 is 22.7 Å². The van der Waals surface area contributed by atoms with E-state index in [1.54, 1.807) is 48.5 Å². The zero-order chi connectivity index (χ0) is 22.0. The maximum atomic E-state index is 14.3. The van der Waals surface area contributed by atoms with Gasteiger partial charge in [-0.05, 0) is 31.2 Å². The molecule has 0 amide bonds. The van der Waals surface area contributed by atoms with Crippen molar-refractivity contribution in [3.05, 3.63) is 64.8 Å². The second-order valence-corrected chi connectivity index (χ2v) is 7.95. The second-order valence-electron chi connectivity index (χ2n) is 6.92. The van der Waals surface area contributed by atoms with Gasteiger partial charge in [0.2, 0.25) is 5.60 Å². The zero-order valence-corrected chi connectivity index (χ0v) is 16.7. The number of halogens is 3. The predicted molar refractivity (Wildman–Crippen MR) is 109 cm³/mol. The Hall–Kier alpha value is -3.44. The van der Waals surface area contributed by atoms with E-state index in [-0.39, 0.29) is 11.7 Å². The number of aliphatic hydroxyl groups is 1. The minimum Gasteiger partial charge on any atom is -0.422 e. The summed E-state index contributed by atoms with van der Waals surface area (Å²) in [5, 5.41) is 14.6. The molecular weight excluding hydrogens is 431 g/mol. The topological polar surface area (TPSA) is 103 Å². The molecule has 7 nitrogen and oxygen atoms in total. The maximum absolute atomic E-state index is 14.3. The van der Waals surface area contributed by atoms with Gasteiger partial charge in [0.1, 0.15) is 16.3 Å². The largest absolute Gasteiger partial charge is 0.428 e. The third-order valence-electron chi connectivity index (χ3n) is 4.94. The average molecular weight is 445 g/mol. The number of aromatic nitrogens is 4.